The van der Waals surface area contributed by atoms with Crippen molar-refractivity contribution in [2.75, 3.05) is 99.7 Å². The average molecular weight is 1730 g/mol. The van der Waals surface area contributed by atoms with Crippen molar-refractivity contribution in [2.45, 2.75) is 31.0 Å². The number of likely N-dealkylation sites (N-methyl/N-ethyl adjacent to an activating group) is 1. The summed E-state index contributed by atoms with van der Waals surface area (Å²) in [5.74, 6) is 1.38. The predicted octanol–water partition coefficient (Wildman–Crippen LogP) is 6.99. The average Bonchev–Trinajstić information content (AvgIpc) is 1.64. The molecule has 19 heterocycles. The number of fused-ring (bicyclic) bond motifs is 8. The van der Waals surface area contributed by atoms with E-state index in [4.69, 9.17) is 20.1 Å². The zero-order chi connectivity index (χ0) is 83.6. The molecule has 10 amide bonds. The molecule has 4 saturated heterocycles. The number of carbonyl (C=O) groups is 7. The maximum absolute atomic E-state index is 12.3. The van der Waals surface area contributed by atoms with E-state index in [1.165, 1.54) is 63.5 Å². The molecular formula is C78H79IN28O12. The van der Waals surface area contributed by atoms with E-state index in [-0.39, 0.29) is 94.3 Å². The summed E-state index contributed by atoms with van der Waals surface area (Å²) >= 11 is 2.25. The van der Waals surface area contributed by atoms with Crippen molar-refractivity contribution in [2.24, 2.45) is 0 Å². The van der Waals surface area contributed by atoms with Gasteiger partial charge in [0.15, 0.2) is 11.4 Å². The largest absolute Gasteiger partial charge is 0.384 e. The summed E-state index contributed by atoms with van der Waals surface area (Å²) in [6.07, 6.45) is 29.2. The van der Waals surface area contributed by atoms with E-state index in [0.717, 1.165) is 40.2 Å². The minimum Gasteiger partial charge on any atom is -0.384 e. The summed E-state index contributed by atoms with van der Waals surface area (Å²) in [5.41, 5.74) is 8.15. The lowest BCUT2D eigenvalue weighted by atomic mass is 10.2. The number of nitrogens with zero attached hydrogens (tertiary/aromatic N) is 21. The van der Waals surface area contributed by atoms with Crippen molar-refractivity contribution in [1.82, 2.24) is 114 Å². The highest BCUT2D eigenvalue weighted by Gasteiger charge is 2.43. The molecule has 0 saturated carbocycles. The van der Waals surface area contributed by atoms with Gasteiger partial charge in [-0.1, -0.05) is 42.5 Å². The van der Waals surface area contributed by atoms with E-state index in [9.17, 15) is 43.2 Å². The van der Waals surface area contributed by atoms with Crippen LogP contribution in [0.5, 0.6) is 0 Å². The number of urea groups is 3. The van der Waals surface area contributed by atoms with E-state index in [1.807, 2.05) is 24.3 Å². The van der Waals surface area contributed by atoms with Crippen LogP contribution in [0.25, 0.3) is 22.4 Å². The predicted molar refractivity (Wildman–Crippen MR) is 443 cm³/mol. The molecule has 0 aromatic carbocycles. The number of pyridine rings is 5. The van der Waals surface area contributed by atoms with Crippen molar-refractivity contribution >= 4 is 116 Å². The molecule has 19 rings (SSSR count). The molecule has 0 spiro atoms. The summed E-state index contributed by atoms with van der Waals surface area (Å²) in [5, 5.41) is 42.1. The van der Waals surface area contributed by atoms with Gasteiger partial charge in [0.05, 0.1) is 74.8 Å². The Balaban J connectivity index is 0.000000130. The monoisotopic (exact) mass is 1730 g/mol. The van der Waals surface area contributed by atoms with Gasteiger partial charge in [-0.2, -0.15) is 49.7 Å². The topological polar surface area (TPSA) is 467 Å². The maximum atomic E-state index is 12.3. The van der Waals surface area contributed by atoms with Crippen LogP contribution < -0.4 is 38.1 Å². The lowest BCUT2D eigenvalue weighted by Gasteiger charge is -2.21. The highest BCUT2D eigenvalue weighted by molar-refractivity contribution is 14.1. The first-order valence-corrected chi connectivity index (χ1v) is 37.8. The van der Waals surface area contributed by atoms with Crippen LogP contribution in [0.3, 0.4) is 0 Å². The fourth-order valence-corrected chi connectivity index (χ4v) is 12.8. The summed E-state index contributed by atoms with van der Waals surface area (Å²) in [6, 6.07) is 35.7. The number of hydroxylamine groups is 4. The molecule has 12 aromatic rings. The lowest BCUT2D eigenvalue weighted by Crippen LogP contribution is -2.33. The summed E-state index contributed by atoms with van der Waals surface area (Å²) in [6.45, 7) is 13.4. The number of carbonyl (C=O) groups excluding carboxylic acids is 7. The smallest absolute Gasteiger partial charge is 0.345 e. The Morgan fingerprint density at radius 3 is 1.27 bits per heavy atom. The van der Waals surface area contributed by atoms with Crippen molar-refractivity contribution in [3.8, 4) is 0 Å². The maximum Gasteiger partial charge on any atom is 0.345 e. The van der Waals surface area contributed by atoms with Crippen LogP contribution in [-0.2, 0) is 14.4 Å². The molecule has 4 fully saturated rings. The minimum atomic E-state index is -0.348. The van der Waals surface area contributed by atoms with Gasteiger partial charge in [-0.25, -0.2) is 48.7 Å². The Labute approximate surface area is 690 Å². The Hall–Kier alpha value is -14.9. The van der Waals surface area contributed by atoms with E-state index < -0.39 is 0 Å². The van der Waals surface area contributed by atoms with Gasteiger partial charge in [-0.15, -0.1) is 13.2 Å². The molecule has 610 valence electrons. The number of nitrogens with one attached hydrogen (secondary N) is 6. The molecule has 40 nitrogen and oxygen atoms in total. The van der Waals surface area contributed by atoms with Crippen LogP contribution in [0.2, 0.25) is 0 Å². The van der Waals surface area contributed by atoms with Crippen molar-refractivity contribution in [3.05, 3.63) is 286 Å². The van der Waals surface area contributed by atoms with Crippen LogP contribution in [0.15, 0.2) is 252 Å². The van der Waals surface area contributed by atoms with Gasteiger partial charge in [-0.3, -0.25) is 48.6 Å². The molecule has 0 radical (unpaired) electrons. The first kappa shape index (κ1) is 83.6. The standard InChI is InChI=1S/C18H18N6O3.C16H16N6O2.C9H11IN2O2.2C9H8N4O.C8H4N4O2.C5H6N2.C4H8O/c1-2-9-27-24-14-10-13(11-22(12-14)18(24)26)23-8-6-15(21-23)17(25)20-16-5-3-4-7-19-16;1-20-11-8-12(10-21(9-11)16(20)24)22-7-5-13(19-22)15(23)18-14-4-2-3-6-17-14;1-2-3-14-12-8-4-7(10)5-11(6-8)9(12)13;2*14-9(7-4-6-11-13-7)12-8-3-1-2-5-10-8;13-7-5-1-3-9-11(5)8(14)6-2-4-10-12(6)7;6-5-3-1-2-4-7-5;1-2-4-5-3-1/h2-8,10,14H,1,9,11-12H2,(H,19,20,25);2-8,11H,9-10H2,1H3,(H,17,18,23);2,4,8H,1,3,5-6H2;2*1-6H,(H,11,13)(H,10,12,14);1-4H;1-4H,(H2,6,7);1-4H2. The van der Waals surface area contributed by atoms with Crippen LogP contribution in [0.4, 0.5) is 43.5 Å². The molecular weight excluding hydrogens is 1650 g/mol. The fraction of sp³-hybridized carbons (Fsp3) is 0.205. The first-order valence-electron chi connectivity index (χ1n) is 36.7. The number of anilines is 5. The number of ether oxygens (including phenoxy) is 1. The third-order valence-electron chi connectivity index (χ3n) is 17.6. The van der Waals surface area contributed by atoms with Crippen LogP contribution in [0, 0.1) is 0 Å². The minimum absolute atomic E-state index is 0.0199. The van der Waals surface area contributed by atoms with Crippen LogP contribution in [0.1, 0.15) is 54.8 Å². The lowest BCUT2D eigenvalue weighted by molar-refractivity contribution is -0.107. The molecule has 3 atom stereocenters. The second kappa shape index (κ2) is 40.9. The molecule has 3 unspecified atom stereocenters. The third-order valence-corrected chi connectivity index (χ3v) is 18.3. The number of nitrogens with two attached hydrogens (primary N) is 1. The Morgan fingerprint density at radius 1 is 0.496 bits per heavy atom. The third kappa shape index (κ3) is 22.2. The SMILES string of the molecule is C1CCOC1.C=CCON1C(=O)N2CC(I)=CC1C2.C=CCON1C(=O)N2CC(n3ccc(C(=O)Nc4ccccn4)n3)=CC1C2.CN1C(=O)N2CC(n3ccc(C(=O)Nc4ccccn4)n3)=CC1C2.Nc1ccccn1.O=C(Nc1ccccn1)c1ccn[nH]1.O=C(Nc1ccccn1)c1ccn[nH]1.O=c1c2ccnn2c(=O)c2ccnn12. The van der Waals surface area contributed by atoms with E-state index >= 15 is 0 Å². The first-order chi connectivity index (χ1) is 57.9. The highest BCUT2D eigenvalue weighted by atomic mass is 127. The van der Waals surface area contributed by atoms with Crippen LogP contribution >= 0.6 is 22.6 Å². The number of aromatic nitrogens is 17. The van der Waals surface area contributed by atoms with Crippen molar-refractivity contribution in [3.63, 3.8) is 0 Å². The summed E-state index contributed by atoms with van der Waals surface area (Å²) in [7, 11) is 1.79. The normalized spacial score (nSPS) is 16.2. The van der Waals surface area contributed by atoms with Gasteiger partial charge in [0.25, 0.3) is 34.7 Å². The van der Waals surface area contributed by atoms with Gasteiger partial charge in [0, 0.05) is 99.2 Å². The zero-order valence-corrected chi connectivity index (χ0v) is 65.9. The Kier molecular flexibility index (Phi) is 28.7. The molecule has 7 aliphatic heterocycles. The Bertz CT molecular complexity index is 5450. The fourth-order valence-electron chi connectivity index (χ4n) is 12.0. The molecule has 12 aromatic heterocycles. The van der Waals surface area contributed by atoms with Crippen LogP contribution in [-0.4, -0.2) is 246 Å². The molecule has 0 aliphatic carbocycles. The quantitative estimate of drug-likeness (QED) is 0.0378. The zero-order valence-electron chi connectivity index (χ0n) is 63.7. The molecule has 41 heteroatoms. The van der Waals surface area contributed by atoms with Gasteiger partial charge in [-0.05, 0) is 151 Å². The summed E-state index contributed by atoms with van der Waals surface area (Å²) < 4.78 is 11.6. The molecule has 8 N–H and O–H groups in total. The molecule has 7 aliphatic rings. The number of aromatic amines is 2. The number of rotatable bonds is 16. The highest BCUT2D eigenvalue weighted by Crippen LogP contribution is 2.30. The van der Waals surface area contributed by atoms with Crippen molar-refractivity contribution in [1.29, 1.82) is 0 Å². The number of hydrogen-bond acceptors (Lipinski definition) is 24. The van der Waals surface area contributed by atoms with Gasteiger partial charge >= 0.3 is 18.1 Å². The Morgan fingerprint density at radius 2 is 0.899 bits per heavy atom. The van der Waals surface area contributed by atoms with Crippen molar-refractivity contribution < 1.29 is 48.0 Å². The number of amides is 10. The van der Waals surface area contributed by atoms with E-state index in [0.29, 0.717) is 85.5 Å². The second-order valence-electron chi connectivity index (χ2n) is 25.9. The number of nitrogen functional groups attached to an aromatic ring is 1. The van der Waals surface area contributed by atoms with Gasteiger partial charge in [0.2, 0.25) is 0 Å². The summed E-state index contributed by atoms with van der Waals surface area (Å²) in [4.78, 5) is 144. The second-order valence-corrected chi connectivity index (χ2v) is 27.3. The van der Waals surface area contributed by atoms with Gasteiger partial charge < -0.3 is 51.3 Å². The molecule has 119 heavy (non-hydrogen) atoms. The number of hydrogen-bond donors (Lipinski definition) is 7. The number of halogens is 1. The molecule has 6 bridgehead atoms. The number of H-pyrrole nitrogens is 2. The van der Waals surface area contributed by atoms with Gasteiger partial charge in [0.1, 0.15) is 51.5 Å². The van der Waals surface area contributed by atoms with E-state index in [2.05, 4.69) is 129 Å². The van der Waals surface area contributed by atoms with E-state index in [1.54, 1.807) is 195 Å².